The van der Waals surface area contributed by atoms with Gasteiger partial charge in [-0.1, -0.05) is 18.2 Å². The summed E-state index contributed by atoms with van der Waals surface area (Å²) in [6, 6.07) is 17.5. The summed E-state index contributed by atoms with van der Waals surface area (Å²) in [5, 5.41) is 3.01. The standard InChI is InChI=1S/C23H30N2O3/c1-18(2)25-14-6-7-19(16-25)15-24-23(26)17-27-20-10-12-22(13-11-20)28-21-8-4-3-5-9-21/h3-5,8-13,18-19H,6-7,14-17H2,1-2H3,(H,24,26). The van der Waals surface area contributed by atoms with Crippen molar-refractivity contribution < 1.29 is 14.3 Å². The molecular weight excluding hydrogens is 352 g/mol. The summed E-state index contributed by atoms with van der Waals surface area (Å²) in [4.78, 5) is 14.6. The number of ether oxygens (including phenoxy) is 2. The van der Waals surface area contributed by atoms with Crippen molar-refractivity contribution in [3.05, 3.63) is 54.6 Å². The van der Waals surface area contributed by atoms with Crippen molar-refractivity contribution in [1.82, 2.24) is 10.2 Å². The Morgan fingerprint density at radius 3 is 2.46 bits per heavy atom. The summed E-state index contributed by atoms with van der Waals surface area (Å²) >= 11 is 0. The maximum atomic E-state index is 12.1. The number of piperidine rings is 1. The molecule has 0 saturated carbocycles. The average molecular weight is 383 g/mol. The normalized spacial score (nSPS) is 17.3. The van der Waals surface area contributed by atoms with Gasteiger partial charge in [0.2, 0.25) is 0 Å². The fraction of sp³-hybridized carbons (Fsp3) is 0.435. The van der Waals surface area contributed by atoms with Crippen LogP contribution in [0, 0.1) is 5.92 Å². The van der Waals surface area contributed by atoms with Crippen LogP contribution < -0.4 is 14.8 Å². The molecule has 28 heavy (non-hydrogen) atoms. The molecule has 1 aliphatic rings. The van der Waals surface area contributed by atoms with E-state index in [1.54, 1.807) is 0 Å². The van der Waals surface area contributed by atoms with Crippen LogP contribution in [0.3, 0.4) is 0 Å². The number of likely N-dealkylation sites (tertiary alicyclic amines) is 1. The minimum atomic E-state index is -0.0775. The fourth-order valence-corrected chi connectivity index (χ4v) is 3.42. The molecule has 0 aromatic heterocycles. The van der Waals surface area contributed by atoms with Gasteiger partial charge in [-0.15, -0.1) is 0 Å². The summed E-state index contributed by atoms with van der Waals surface area (Å²) in [7, 11) is 0. The summed E-state index contributed by atoms with van der Waals surface area (Å²) in [5.74, 6) is 2.62. The largest absolute Gasteiger partial charge is 0.484 e. The van der Waals surface area contributed by atoms with Gasteiger partial charge in [0, 0.05) is 19.1 Å². The molecule has 5 nitrogen and oxygen atoms in total. The summed E-state index contributed by atoms with van der Waals surface area (Å²) in [6.45, 7) is 7.42. The van der Waals surface area contributed by atoms with Crippen LogP contribution in [-0.4, -0.2) is 43.1 Å². The van der Waals surface area contributed by atoms with Crippen LogP contribution in [0.1, 0.15) is 26.7 Å². The maximum absolute atomic E-state index is 12.1. The molecule has 1 fully saturated rings. The van der Waals surface area contributed by atoms with Gasteiger partial charge < -0.3 is 19.7 Å². The highest BCUT2D eigenvalue weighted by atomic mass is 16.5. The number of hydrogen-bond acceptors (Lipinski definition) is 4. The Labute approximate surface area is 167 Å². The SMILES string of the molecule is CC(C)N1CCCC(CNC(=O)COc2ccc(Oc3ccccc3)cc2)C1. The van der Waals surface area contributed by atoms with E-state index in [1.165, 1.54) is 12.8 Å². The molecule has 150 valence electrons. The van der Waals surface area contributed by atoms with E-state index in [0.29, 0.717) is 17.7 Å². The van der Waals surface area contributed by atoms with Crippen molar-refractivity contribution in [2.24, 2.45) is 5.92 Å². The lowest BCUT2D eigenvalue weighted by molar-refractivity contribution is -0.123. The highest BCUT2D eigenvalue weighted by molar-refractivity contribution is 5.77. The molecule has 1 atom stereocenters. The van der Waals surface area contributed by atoms with Crippen molar-refractivity contribution in [3.63, 3.8) is 0 Å². The molecule has 1 saturated heterocycles. The average Bonchev–Trinajstić information content (AvgIpc) is 2.73. The summed E-state index contributed by atoms with van der Waals surface area (Å²) in [5.41, 5.74) is 0. The Morgan fingerprint density at radius 1 is 1.07 bits per heavy atom. The summed E-state index contributed by atoms with van der Waals surface area (Å²) in [6.07, 6.45) is 2.37. The van der Waals surface area contributed by atoms with Crippen LogP contribution in [-0.2, 0) is 4.79 Å². The van der Waals surface area contributed by atoms with E-state index in [2.05, 4.69) is 24.1 Å². The zero-order chi connectivity index (χ0) is 19.8. The van der Waals surface area contributed by atoms with Crippen molar-refractivity contribution in [2.45, 2.75) is 32.7 Å². The van der Waals surface area contributed by atoms with Gasteiger partial charge >= 0.3 is 0 Å². The molecule has 3 rings (SSSR count). The van der Waals surface area contributed by atoms with Crippen LogP contribution in [0.15, 0.2) is 54.6 Å². The second-order valence-electron chi connectivity index (χ2n) is 7.58. The zero-order valence-electron chi connectivity index (χ0n) is 16.8. The lowest BCUT2D eigenvalue weighted by Crippen LogP contribution is -2.44. The first-order valence-corrected chi connectivity index (χ1v) is 10.1. The molecule has 0 radical (unpaired) electrons. The summed E-state index contributed by atoms with van der Waals surface area (Å²) < 4.78 is 11.3. The maximum Gasteiger partial charge on any atom is 0.257 e. The van der Waals surface area contributed by atoms with Crippen molar-refractivity contribution in [1.29, 1.82) is 0 Å². The van der Waals surface area contributed by atoms with Gasteiger partial charge in [0.1, 0.15) is 17.2 Å². The molecule has 0 bridgehead atoms. The number of carbonyl (C=O) groups excluding carboxylic acids is 1. The van der Waals surface area contributed by atoms with Crippen LogP contribution in [0.2, 0.25) is 0 Å². The van der Waals surface area contributed by atoms with Crippen molar-refractivity contribution in [3.8, 4) is 17.2 Å². The second-order valence-corrected chi connectivity index (χ2v) is 7.58. The first kappa shape index (κ1) is 20.2. The second kappa shape index (κ2) is 10.1. The number of amides is 1. The lowest BCUT2D eigenvalue weighted by Gasteiger charge is -2.35. The predicted octanol–water partition coefficient (Wildman–Crippen LogP) is 4.09. The van der Waals surface area contributed by atoms with Gasteiger partial charge in [0.15, 0.2) is 6.61 Å². The highest BCUT2D eigenvalue weighted by Crippen LogP contribution is 2.23. The quantitative estimate of drug-likeness (QED) is 0.747. The third-order valence-electron chi connectivity index (χ3n) is 5.04. The minimum Gasteiger partial charge on any atom is -0.484 e. The monoisotopic (exact) mass is 382 g/mol. The minimum absolute atomic E-state index is 0.0273. The molecule has 0 spiro atoms. The molecule has 2 aromatic rings. The van der Waals surface area contributed by atoms with Crippen LogP contribution in [0.25, 0.3) is 0 Å². The van der Waals surface area contributed by atoms with Gasteiger partial charge in [-0.25, -0.2) is 0 Å². The number of carbonyl (C=O) groups is 1. The van der Waals surface area contributed by atoms with E-state index in [0.717, 1.165) is 31.1 Å². The molecule has 1 amide bonds. The van der Waals surface area contributed by atoms with Gasteiger partial charge in [-0.2, -0.15) is 0 Å². The Balaban J connectivity index is 1.38. The van der Waals surface area contributed by atoms with Crippen LogP contribution in [0.4, 0.5) is 0 Å². The van der Waals surface area contributed by atoms with Crippen molar-refractivity contribution in [2.75, 3.05) is 26.2 Å². The van der Waals surface area contributed by atoms with Crippen LogP contribution >= 0.6 is 0 Å². The Hall–Kier alpha value is -2.53. The molecule has 5 heteroatoms. The number of nitrogens with one attached hydrogen (secondary N) is 1. The molecule has 1 heterocycles. The first-order valence-electron chi connectivity index (χ1n) is 10.1. The van der Waals surface area contributed by atoms with E-state index in [4.69, 9.17) is 9.47 Å². The zero-order valence-corrected chi connectivity index (χ0v) is 16.8. The van der Waals surface area contributed by atoms with E-state index in [9.17, 15) is 4.79 Å². The number of benzene rings is 2. The highest BCUT2D eigenvalue weighted by Gasteiger charge is 2.21. The molecule has 2 aromatic carbocycles. The Kier molecular flexibility index (Phi) is 7.31. The van der Waals surface area contributed by atoms with Gasteiger partial charge in [-0.05, 0) is 75.5 Å². The van der Waals surface area contributed by atoms with Crippen LogP contribution in [0.5, 0.6) is 17.2 Å². The fourth-order valence-electron chi connectivity index (χ4n) is 3.42. The number of nitrogens with zero attached hydrogens (tertiary/aromatic N) is 1. The number of para-hydroxylation sites is 1. The first-order chi connectivity index (χ1) is 13.6. The van der Waals surface area contributed by atoms with Gasteiger partial charge in [0.25, 0.3) is 5.91 Å². The van der Waals surface area contributed by atoms with Crippen molar-refractivity contribution >= 4 is 5.91 Å². The Bertz CT molecular complexity index is 731. The van der Waals surface area contributed by atoms with Gasteiger partial charge in [-0.3, -0.25) is 4.79 Å². The van der Waals surface area contributed by atoms with E-state index in [1.807, 2.05) is 54.6 Å². The molecule has 0 aliphatic carbocycles. The molecule has 1 aliphatic heterocycles. The molecule has 1 unspecified atom stereocenters. The number of hydrogen-bond donors (Lipinski definition) is 1. The van der Waals surface area contributed by atoms with E-state index in [-0.39, 0.29) is 12.5 Å². The third-order valence-corrected chi connectivity index (χ3v) is 5.04. The van der Waals surface area contributed by atoms with Gasteiger partial charge in [0.05, 0.1) is 0 Å². The number of rotatable bonds is 8. The van der Waals surface area contributed by atoms with E-state index >= 15 is 0 Å². The molecular formula is C23H30N2O3. The van der Waals surface area contributed by atoms with E-state index < -0.39 is 0 Å². The topological polar surface area (TPSA) is 50.8 Å². The molecule has 1 N–H and O–H groups in total. The third kappa shape index (κ3) is 6.27. The smallest absolute Gasteiger partial charge is 0.257 e. The lowest BCUT2D eigenvalue weighted by atomic mass is 9.97. The Morgan fingerprint density at radius 2 is 1.75 bits per heavy atom. The predicted molar refractivity (Wildman–Crippen MR) is 111 cm³/mol.